The van der Waals surface area contributed by atoms with E-state index in [-0.39, 0.29) is 11.5 Å². The second-order valence-electron chi connectivity index (χ2n) is 5.80. The highest BCUT2D eigenvalue weighted by Crippen LogP contribution is 2.32. The lowest BCUT2D eigenvalue weighted by molar-refractivity contribution is -0.272. The molecule has 10 heteroatoms. The lowest BCUT2D eigenvalue weighted by Crippen LogP contribution is -2.61. The van der Waals surface area contributed by atoms with Gasteiger partial charge in [0.1, 0.15) is 18.3 Å². The Morgan fingerprint density at radius 2 is 1.71 bits per heavy atom. The highest BCUT2D eigenvalue weighted by atomic mass is 16.7. The molecule has 0 saturated carbocycles. The van der Waals surface area contributed by atoms with Gasteiger partial charge in [-0.05, 0) is 23.8 Å². The number of aliphatic hydroxyl groups excluding tert-OH is 3. The first-order valence-corrected chi connectivity index (χ1v) is 8.20. The maximum absolute atomic E-state index is 11.7. The Labute approximate surface area is 160 Å². The van der Waals surface area contributed by atoms with Crippen LogP contribution >= 0.6 is 0 Å². The number of aliphatic hydroxyl groups is 3. The maximum atomic E-state index is 11.7. The van der Waals surface area contributed by atoms with E-state index in [0.717, 1.165) is 7.11 Å². The summed E-state index contributed by atoms with van der Waals surface area (Å²) in [5.74, 6) is -1.09. The Morgan fingerprint density at radius 3 is 2.32 bits per heavy atom. The fourth-order valence-corrected chi connectivity index (χ4v) is 2.50. The topological polar surface area (TPSA) is 141 Å². The normalized spacial score (nSPS) is 27.3. The highest BCUT2D eigenvalue weighted by molar-refractivity contribution is 5.87. The third-order valence-corrected chi connectivity index (χ3v) is 4.05. The van der Waals surface area contributed by atoms with Crippen molar-refractivity contribution in [2.75, 3.05) is 21.3 Å². The van der Waals surface area contributed by atoms with E-state index >= 15 is 0 Å². The van der Waals surface area contributed by atoms with E-state index in [0.29, 0.717) is 5.56 Å². The maximum Gasteiger partial charge on any atom is 0.337 e. The van der Waals surface area contributed by atoms with Gasteiger partial charge in [0.2, 0.25) is 6.29 Å². The van der Waals surface area contributed by atoms with Crippen LogP contribution in [0.2, 0.25) is 0 Å². The average Bonchev–Trinajstić information content (AvgIpc) is 2.72. The number of methoxy groups -OCH3 is 3. The number of hydrogen-bond donors (Lipinski definition) is 3. The third kappa shape index (κ3) is 4.78. The van der Waals surface area contributed by atoms with Crippen molar-refractivity contribution in [3.05, 3.63) is 29.8 Å². The van der Waals surface area contributed by atoms with Crippen molar-refractivity contribution in [3.63, 3.8) is 0 Å². The molecule has 1 aromatic carbocycles. The minimum atomic E-state index is -1.70. The van der Waals surface area contributed by atoms with E-state index in [2.05, 4.69) is 9.47 Å². The molecule has 10 nitrogen and oxygen atoms in total. The predicted molar refractivity (Wildman–Crippen MR) is 93.4 cm³/mol. The van der Waals surface area contributed by atoms with Crippen LogP contribution < -0.4 is 9.47 Å². The second-order valence-corrected chi connectivity index (χ2v) is 5.80. The zero-order valence-electron chi connectivity index (χ0n) is 15.5. The van der Waals surface area contributed by atoms with Crippen LogP contribution in [-0.2, 0) is 23.8 Å². The molecule has 1 aliphatic rings. The Morgan fingerprint density at radius 1 is 1.00 bits per heavy atom. The molecule has 28 heavy (non-hydrogen) atoms. The molecule has 1 heterocycles. The third-order valence-electron chi connectivity index (χ3n) is 4.05. The van der Waals surface area contributed by atoms with E-state index in [1.54, 1.807) is 12.1 Å². The summed E-state index contributed by atoms with van der Waals surface area (Å²) in [4.78, 5) is 22.9. The Hall–Kier alpha value is -2.66. The summed E-state index contributed by atoms with van der Waals surface area (Å²) < 4.78 is 25.1. The summed E-state index contributed by atoms with van der Waals surface area (Å²) in [5.41, 5.74) is 0.600. The molecule has 0 bridgehead atoms. The molecule has 0 spiro atoms. The van der Waals surface area contributed by atoms with Gasteiger partial charge >= 0.3 is 11.9 Å². The smallest absolute Gasteiger partial charge is 0.337 e. The molecule has 1 fully saturated rings. The van der Waals surface area contributed by atoms with E-state index in [1.165, 1.54) is 32.4 Å². The molecule has 2 rings (SSSR count). The standard InChI is InChI=1S/C18H22O10/c1-24-11-8-9(5-7-12(19)25-2)4-6-10(11)27-18-15(22)13(20)14(21)16(28-18)17(23)26-3/h4-8,13-16,18,20-22H,1-3H3/b7-5+/t13-,14-,15+,16-,18+/m0/s1. The van der Waals surface area contributed by atoms with Crippen molar-refractivity contribution in [1.82, 2.24) is 0 Å². The van der Waals surface area contributed by atoms with Gasteiger partial charge in [-0.2, -0.15) is 0 Å². The summed E-state index contributed by atoms with van der Waals surface area (Å²) in [6.07, 6.45) is -5.32. The minimum Gasteiger partial charge on any atom is -0.493 e. The number of esters is 2. The van der Waals surface area contributed by atoms with Gasteiger partial charge in [-0.25, -0.2) is 9.59 Å². The minimum absolute atomic E-state index is 0.133. The first kappa shape index (κ1) is 21.6. The number of rotatable bonds is 6. The first-order valence-electron chi connectivity index (χ1n) is 8.20. The van der Waals surface area contributed by atoms with Gasteiger partial charge in [-0.3, -0.25) is 0 Å². The van der Waals surface area contributed by atoms with Crippen molar-refractivity contribution in [2.45, 2.75) is 30.7 Å². The molecule has 5 atom stereocenters. The fraction of sp³-hybridized carbons (Fsp3) is 0.444. The second kappa shape index (κ2) is 9.51. The van der Waals surface area contributed by atoms with Crippen LogP contribution in [0.3, 0.4) is 0 Å². The average molecular weight is 398 g/mol. The zero-order chi connectivity index (χ0) is 20.8. The van der Waals surface area contributed by atoms with Crippen LogP contribution in [0, 0.1) is 0 Å². The van der Waals surface area contributed by atoms with Gasteiger partial charge in [0.25, 0.3) is 0 Å². The van der Waals surface area contributed by atoms with Crippen LogP contribution in [-0.4, -0.2) is 79.3 Å². The van der Waals surface area contributed by atoms with E-state index < -0.39 is 42.6 Å². The van der Waals surface area contributed by atoms with Crippen LogP contribution in [0.4, 0.5) is 0 Å². The van der Waals surface area contributed by atoms with Crippen molar-refractivity contribution >= 4 is 18.0 Å². The molecular weight excluding hydrogens is 376 g/mol. The van der Waals surface area contributed by atoms with Crippen LogP contribution in [0.25, 0.3) is 6.08 Å². The number of carbonyl (C=O) groups excluding carboxylic acids is 2. The molecule has 0 radical (unpaired) electrons. The summed E-state index contributed by atoms with van der Waals surface area (Å²) in [6, 6.07) is 4.62. The van der Waals surface area contributed by atoms with Gasteiger partial charge in [0.05, 0.1) is 21.3 Å². The molecule has 0 aliphatic carbocycles. The van der Waals surface area contributed by atoms with Gasteiger partial charge < -0.3 is 39.0 Å². The molecule has 3 N–H and O–H groups in total. The summed E-state index contributed by atoms with van der Waals surface area (Å²) in [7, 11) is 3.73. The van der Waals surface area contributed by atoms with E-state index in [9.17, 15) is 24.9 Å². The molecule has 154 valence electrons. The molecule has 1 saturated heterocycles. The van der Waals surface area contributed by atoms with Gasteiger partial charge in [-0.1, -0.05) is 6.07 Å². The molecule has 0 unspecified atom stereocenters. The van der Waals surface area contributed by atoms with Crippen LogP contribution in [0.15, 0.2) is 24.3 Å². The monoisotopic (exact) mass is 398 g/mol. The number of carbonyl (C=O) groups is 2. The molecule has 0 aromatic heterocycles. The van der Waals surface area contributed by atoms with Gasteiger partial charge in [0, 0.05) is 6.08 Å². The van der Waals surface area contributed by atoms with Gasteiger partial charge in [0.15, 0.2) is 17.6 Å². The number of benzene rings is 1. The summed E-state index contributed by atoms with van der Waals surface area (Å²) >= 11 is 0. The summed E-state index contributed by atoms with van der Waals surface area (Å²) in [6.45, 7) is 0. The SMILES string of the molecule is COC(=O)/C=C/c1ccc(O[C@@H]2O[C@H](C(=O)OC)[C@@H](O)[C@H](O)[C@H]2O)c(OC)c1. The number of hydrogen-bond acceptors (Lipinski definition) is 10. The Balaban J connectivity index is 2.22. The Bertz CT molecular complexity index is 731. The van der Waals surface area contributed by atoms with Crippen molar-refractivity contribution in [2.24, 2.45) is 0 Å². The van der Waals surface area contributed by atoms with E-state index in [4.69, 9.17) is 14.2 Å². The van der Waals surface area contributed by atoms with Crippen molar-refractivity contribution in [1.29, 1.82) is 0 Å². The molecular formula is C18H22O10. The lowest BCUT2D eigenvalue weighted by atomic mass is 9.99. The predicted octanol–water partition coefficient (Wildman–Crippen LogP) is -0.759. The van der Waals surface area contributed by atoms with E-state index in [1.807, 2.05) is 0 Å². The van der Waals surface area contributed by atoms with Crippen LogP contribution in [0.1, 0.15) is 5.56 Å². The first-order chi connectivity index (χ1) is 13.3. The molecule has 1 aliphatic heterocycles. The van der Waals surface area contributed by atoms with Crippen molar-refractivity contribution < 1.29 is 48.6 Å². The zero-order valence-corrected chi connectivity index (χ0v) is 15.5. The molecule has 0 amide bonds. The van der Waals surface area contributed by atoms with Gasteiger partial charge in [-0.15, -0.1) is 0 Å². The van der Waals surface area contributed by atoms with Crippen LogP contribution in [0.5, 0.6) is 11.5 Å². The number of ether oxygens (including phenoxy) is 5. The highest BCUT2D eigenvalue weighted by Gasteiger charge is 2.48. The quantitative estimate of drug-likeness (QED) is 0.414. The largest absolute Gasteiger partial charge is 0.493 e. The molecule has 1 aromatic rings. The summed E-state index contributed by atoms with van der Waals surface area (Å²) in [5, 5.41) is 30.0. The van der Waals surface area contributed by atoms with Crippen molar-refractivity contribution in [3.8, 4) is 11.5 Å². The fourth-order valence-electron chi connectivity index (χ4n) is 2.50. The Kier molecular flexibility index (Phi) is 7.35. The lowest BCUT2D eigenvalue weighted by Gasteiger charge is -2.38.